The summed E-state index contributed by atoms with van der Waals surface area (Å²) in [7, 11) is 0. The molecule has 4 heterocycles. The van der Waals surface area contributed by atoms with E-state index in [-0.39, 0.29) is 42.8 Å². The number of carbonyl (C=O) groups is 4. The smallest absolute Gasteiger partial charge is 0.242 e. The SMILES string of the molecule is CCCNC1CCCCN(CC(=O)N2CCCC2)C1=O.N[C@H]1CCCCN(CC(=O)N2CCCC2)C1=O. The average Bonchev–Trinajstić information content (AvgIpc) is 3.58. The second-order valence-electron chi connectivity index (χ2n) is 10.8. The van der Waals surface area contributed by atoms with Crippen LogP contribution < -0.4 is 11.1 Å². The molecule has 0 aromatic heterocycles. The minimum absolute atomic E-state index is 0.0601. The highest BCUT2D eigenvalue weighted by Gasteiger charge is 2.30. The molecule has 0 aromatic carbocycles. The third-order valence-electron chi connectivity index (χ3n) is 7.81. The molecule has 0 aromatic rings. The van der Waals surface area contributed by atoms with E-state index in [0.717, 1.165) is 110 Å². The second kappa shape index (κ2) is 15.3. The van der Waals surface area contributed by atoms with Gasteiger partial charge in [0.2, 0.25) is 23.6 Å². The fourth-order valence-corrected chi connectivity index (χ4v) is 5.52. The van der Waals surface area contributed by atoms with E-state index >= 15 is 0 Å². The quantitative estimate of drug-likeness (QED) is 0.516. The largest absolute Gasteiger partial charge is 0.341 e. The Balaban J connectivity index is 0.000000208. The predicted octanol–water partition coefficient (Wildman–Crippen LogP) is 0.938. The van der Waals surface area contributed by atoms with Gasteiger partial charge in [-0.05, 0) is 77.2 Å². The van der Waals surface area contributed by atoms with Crippen LogP contribution in [0.25, 0.3) is 0 Å². The van der Waals surface area contributed by atoms with Crippen LogP contribution >= 0.6 is 0 Å². The minimum Gasteiger partial charge on any atom is -0.341 e. The van der Waals surface area contributed by atoms with Gasteiger partial charge in [0.1, 0.15) is 0 Å². The van der Waals surface area contributed by atoms with E-state index in [2.05, 4.69) is 12.2 Å². The number of amides is 4. The standard InChI is InChI=1S/C15H27N3O2.C12H21N3O2/c1-2-8-16-13-7-3-4-11-18(15(13)20)12-14(19)17-9-5-6-10-17;13-10-5-1-2-8-15(12(10)17)9-11(16)14-6-3-4-7-14/h13,16H,2-12H2,1H3;10H,1-9,13H2/t;10-/m.0/s1. The molecule has 10 nitrogen and oxygen atoms in total. The molecule has 4 amide bonds. The molecule has 4 saturated heterocycles. The first kappa shape index (κ1) is 29.4. The minimum atomic E-state index is -0.413. The molecular weight excluding hydrogens is 472 g/mol. The van der Waals surface area contributed by atoms with Gasteiger partial charge < -0.3 is 30.7 Å². The molecular formula is C27H48N6O4. The fraction of sp³-hybridized carbons (Fsp3) is 0.852. The van der Waals surface area contributed by atoms with Crippen molar-refractivity contribution in [2.45, 2.75) is 89.6 Å². The topological polar surface area (TPSA) is 119 Å². The number of carbonyl (C=O) groups excluding carboxylic acids is 4. The molecule has 4 rings (SSSR count). The number of nitrogens with one attached hydrogen (secondary N) is 1. The Bertz CT molecular complexity index is 766. The highest BCUT2D eigenvalue weighted by Crippen LogP contribution is 2.15. The Kier molecular flexibility index (Phi) is 12.1. The van der Waals surface area contributed by atoms with Crippen molar-refractivity contribution in [1.82, 2.24) is 24.9 Å². The maximum Gasteiger partial charge on any atom is 0.242 e. The summed E-state index contributed by atoms with van der Waals surface area (Å²) in [6.07, 6.45) is 11.0. The monoisotopic (exact) mass is 520 g/mol. The summed E-state index contributed by atoms with van der Waals surface area (Å²) in [6, 6.07) is -0.507. The summed E-state index contributed by atoms with van der Waals surface area (Å²) in [5.41, 5.74) is 5.78. The molecule has 37 heavy (non-hydrogen) atoms. The van der Waals surface area contributed by atoms with Gasteiger partial charge in [-0.3, -0.25) is 19.2 Å². The van der Waals surface area contributed by atoms with Gasteiger partial charge >= 0.3 is 0 Å². The van der Waals surface area contributed by atoms with Gasteiger partial charge in [-0.2, -0.15) is 0 Å². The summed E-state index contributed by atoms with van der Waals surface area (Å²) in [5, 5.41) is 3.32. The van der Waals surface area contributed by atoms with Gasteiger partial charge in [-0.1, -0.05) is 6.92 Å². The molecule has 4 aliphatic heterocycles. The lowest BCUT2D eigenvalue weighted by Gasteiger charge is -2.26. The molecule has 0 saturated carbocycles. The Hall–Kier alpha value is -2.20. The first-order chi connectivity index (χ1) is 17.9. The number of likely N-dealkylation sites (tertiary alicyclic amines) is 4. The van der Waals surface area contributed by atoms with Crippen molar-refractivity contribution in [1.29, 1.82) is 0 Å². The van der Waals surface area contributed by atoms with Gasteiger partial charge in [0.25, 0.3) is 0 Å². The van der Waals surface area contributed by atoms with Gasteiger partial charge in [0.15, 0.2) is 0 Å². The van der Waals surface area contributed by atoms with Crippen LogP contribution in [-0.2, 0) is 19.2 Å². The molecule has 4 aliphatic rings. The van der Waals surface area contributed by atoms with Crippen molar-refractivity contribution >= 4 is 23.6 Å². The zero-order chi connectivity index (χ0) is 26.6. The Morgan fingerprint density at radius 1 is 0.730 bits per heavy atom. The van der Waals surface area contributed by atoms with E-state index in [1.54, 1.807) is 9.80 Å². The summed E-state index contributed by atoms with van der Waals surface area (Å²) in [4.78, 5) is 55.7. The summed E-state index contributed by atoms with van der Waals surface area (Å²) < 4.78 is 0. The molecule has 210 valence electrons. The number of rotatable bonds is 7. The summed E-state index contributed by atoms with van der Waals surface area (Å²) in [5.74, 6) is 0.246. The Morgan fingerprint density at radius 2 is 1.19 bits per heavy atom. The van der Waals surface area contributed by atoms with Gasteiger partial charge in [-0.15, -0.1) is 0 Å². The molecule has 0 spiro atoms. The van der Waals surface area contributed by atoms with Crippen molar-refractivity contribution in [3.05, 3.63) is 0 Å². The second-order valence-corrected chi connectivity index (χ2v) is 10.8. The van der Waals surface area contributed by atoms with E-state index in [1.165, 1.54) is 0 Å². The van der Waals surface area contributed by atoms with Crippen LogP contribution in [0.1, 0.15) is 77.6 Å². The zero-order valence-electron chi connectivity index (χ0n) is 22.8. The lowest BCUT2D eigenvalue weighted by molar-refractivity contribution is -0.140. The maximum absolute atomic E-state index is 12.5. The molecule has 0 aliphatic carbocycles. The first-order valence-corrected chi connectivity index (χ1v) is 14.5. The van der Waals surface area contributed by atoms with Crippen LogP contribution in [0.5, 0.6) is 0 Å². The number of hydrogen-bond donors (Lipinski definition) is 2. The predicted molar refractivity (Wildman–Crippen MR) is 143 cm³/mol. The zero-order valence-corrected chi connectivity index (χ0v) is 22.8. The van der Waals surface area contributed by atoms with E-state index < -0.39 is 6.04 Å². The number of hydrogen-bond acceptors (Lipinski definition) is 6. The van der Waals surface area contributed by atoms with Crippen LogP contribution in [0.4, 0.5) is 0 Å². The molecule has 0 radical (unpaired) electrons. The Morgan fingerprint density at radius 3 is 1.70 bits per heavy atom. The summed E-state index contributed by atoms with van der Waals surface area (Å²) in [6.45, 7) is 8.24. The van der Waals surface area contributed by atoms with Crippen LogP contribution in [0.3, 0.4) is 0 Å². The molecule has 2 atom stereocenters. The van der Waals surface area contributed by atoms with E-state index in [4.69, 9.17) is 5.73 Å². The van der Waals surface area contributed by atoms with Gasteiger partial charge in [0.05, 0.1) is 25.2 Å². The van der Waals surface area contributed by atoms with Crippen molar-refractivity contribution in [3.8, 4) is 0 Å². The lowest BCUT2D eigenvalue weighted by atomic mass is 10.1. The van der Waals surface area contributed by atoms with Crippen LogP contribution in [-0.4, -0.2) is 114 Å². The highest BCUT2D eigenvalue weighted by atomic mass is 16.2. The number of nitrogens with two attached hydrogens (primary N) is 1. The van der Waals surface area contributed by atoms with Crippen molar-refractivity contribution < 1.29 is 19.2 Å². The van der Waals surface area contributed by atoms with Crippen LogP contribution in [0, 0.1) is 0 Å². The maximum atomic E-state index is 12.5. The third-order valence-corrected chi connectivity index (χ3v) is 7.81. The fourth-order valence-electron chi connectivity index (χ4n) is 5.52. The van der Waals surface area contributed by atoms with E-state index in [0.29, 0.717) is 6.54 Å². The molecule has 0 bridgehead atoms. The van der Waals surface area contributed by atoms with Crippen molar-refractivity contribution in [3.63, 3.8) is 0 Å². The summed E-state index contributed by atoms with van der Waals surface area (Å²) >= 11 is 0. The lowest BCUT2D eigenvalue weighted by Crippen LogP contribution is -2.49. The highest BCUT2D eigenvalue weighted by molar-refractivity contribution is 5.88. The molecule has 1 unspecified atom stereocenters. The normalized spacial score (nSPS) is 25.0. The van der Waals surface area contributed by atoms with Gasteiger partial charge in [-0.25, -0.2) is 0 Å². The first-order valence-electron chi connectivity index (χ1n) is 14.5. The van der Waals surface area contributed by atoms with Crippen molar-refractivity contribution in [2.75, 3.05) is 58.9 Å². The van der Waals surface area contributed by atoms with Crippen LogP contribution in [0.2, 0.25) is 0 Å². The molecule has 10 heteroatoms. The van der Waals surface area contributed by atoms with E-state index in [9.17, 15) is 19.2 Å². The molecule has 3 N–H and O–H groups in total. The Labute approximate surface area is 222 Å². The van der Waals surface area contributed by atoms with Crippen LogP contribution in [0.15, 0.2) is 0 Å². The van der Waals surface area contributed by atoms with E-state index in [1.807, 2.05) is 9.80 Å². The average molecular weight is 521 g/mol. The molecule has 4 fully saturated rings. The third kappa shape index (κ3) is 8.95. The van der Waals surface area contributed by atoms with Gasteiger partial charge in [0, 0.05) is 39.3 Å². The van der Waals surface area contributed by atoms with Crippen molar-refractivity contribution in [2.24, 2.45) is 5.73 Å². The number of nitrogens with zero attached hydrogens (tertiary/aromatic N) is 4.